The minimum atomic E-state index is -0.0206. The Labute approximate surface area is 96.6 Å². The lowest BCUT2D eigenvalue weighted by atomic mass is 9.99. The molecule has 3 unspecified atom stereocenters. The lowest BCUT2D eigenvalue weighted by Gasteiger charge is -2.39. The van der Waals surface area contributed by atoms with Gasteiger partial charge in [-0.05, 0) is 19.3 Å². The topological polar surface area (TPSA) is 56.1 Å². The molecule has 2 rings (SSSR count). The third-order valence-corrected chi connectivity index (χ3v) is 3.83. The summed E-state index contributed by atoms with van der Waals surface area (Å²) < 4.78 is 0. The van der Waals surface area contributed by atoms with Gasteiger partial charge in [-0.3, -0.25) is 9.69 Å². The van der Waals surface area contributed by atoms with Crippen molar-refractivity contribution in [3.63, 3.8) is 0 Å². The number of hydrogen-bond donors (Lipinski definition) is 1. The van der Waals surface area contributed by atoms with E-state index in [1.807, 2.05) is 6.92 Å². The minimum Gasteiger partial charge on any atom is -0.353 e. The molecule has 2 fully saturated rings. The number of piperazine rings is 1. The maximum absolute atomic E-state index is 11.8. The number of amides is 1. The van der Waals surface area contributed by atoms with Crippen molar-refractivity contribution in [3.8, 4) is 6.07 Å². The van der Waals surface area contributed by atoms with Crippen molar-refractivity contribution in [3.05, 3.63) is 0 Å². The summed E-state index contributed by atoms with van der Waals surface area (Å²) in [5, 5.41) is 12.0. The molecule has 4 heteroatoms. The largest absolute Gasteiger partial charge is 0.353 e. The highest BCUT2D eigenvalue weighted by atomic mass is 16.2. The van der Waals surface area contributed by atoms with Crippen molar-refractivity contribution in [1.29, 1.82) is 5.26 Å². The monoisotopic (exact) mass is 221 g/mol. The van der Waals surface area contributed by atoms with E-state index in [-0.39, 0.29) is 17.9 Å². The van der Waals surface area contributed by atoms with Crippen LogP contribution in [0.25, 0.3) is 0 Å². The first-order chi connectivity index (χ1) is 7.77. The fraction of sp³-hybridized carbons (Fsp3) is 0.833. The quantitative estimate of drug-likeness (QED) is 0.753. The molecule has 0 aromatic carbocycles. The van der Waals surface area contributed by atoms with Gasteiger partial charge in [0.15, 0.2) is 0 Å². The maximum atomic E-state index is 11.8. The lowest BCUT2D eigenvalue weighted by molar-refractivity contribution is -0.130. The SMILES string of the molecule is CCC1C(=O)NCCN1C1CCCC1C#N. The van der Waals surface area contributed by atoms with Crippen LogP contribution in [0.4, 0.5) is 0 Å². The zero-order chi connectivity index (χ0) is 11.5. The van der Waals surface area contributed by atoms with Crippen LogP contribution in [0.2, 0.25) is 0 Å². The van der Waals surface area contributed by atoms with Crippen LogP contribution in [0, 0.1) is 17.2 Å². The van der Waals surface area contributed by atoms with E-state index in [0.29, 0.717) is 6.04 Å². The van der Waals surface area contributed by atoms with Gasteiger partial charge in [-0.25, -0.2) is 0 Å². The summed E-state index contributed by atoms with van der Waals surface area (Å²) >= 11 is 0. The Hall–Kier alpha value is -1.08. The van der Waals surface area contributed by atoms with Gasteiger partial charge in [0, 0.05) is 19.1 Å². The Balaban J connectivity index is 2.12. The van der Waals surface area contributed by atoms with Crippen LogP contribution in [0.5, 0.6) is 0 Å². The number of hydrogen-bond acceptors (Lipinski definition) is 3. The van der Waals surface area contributed by atoms with Crippen LogP contribution in [-0.2, 0) is 4.79 Å². The molecular formula is C12H19N3O. The minimum absolute atomic E-state index is 0.0206. The van der Waals surface area contributed by atoms with Gasteiger partial charge in [-0.1, -0.05) is 13.3 Å². The Bertz CT molecular complexity index is 310. The normalized spacial score (nSPS) is 35.8. The summed E-state index contributed by atoms with van der Waals surface area (Å²) in [6, 6.07) is 2.68. The molecule has 0 radical (unpaired) electrons. The van der Waals surface area contributed by atoms with Crippen molar-refractivity contribution < 1.29 is 4.79 Å². The van der Waals surface area contributed by atoms with E-state index in [1.54, 1.807) is 0 Å². The summed E-state index contributed by atoms with van der Waals surface area (Å²) in [6.45, 7) is 3.66. The average Bonchev–Trinajstić information content (AvgIpc) is 2.76. The molecule has 1 N–H and O–H groups in total. The Morgan fingerprint density at radius 2 is 2.38 bits per heavy atom. The average molecular weight is 221 g/mol. The molecule has 0 aromatic rings. The fourth-order valence-corrected chi connectivity index (χ4v) is 3.04. The molecule has 4 nitrogen and oxygen atoms in total. The molecule has 1 aliphatic carbocycles. The molecular weight excluding hydrogens is 202 g/mol. The molecule has 16 heavy (non-hydrogen) atoms. The van der Waals surface area contributed by atoms with Crippen LogP contribution in [-0.4, -0.2) is 36.0 Å². The summed E-state index contributed by atoms with van der Waals surface area (Å²) in [7, 11) is 0. The van der Waals surface area contributed by atoms with E-state index in [1.165, 1.54) is 0 Å². The number of nitrogens with one attached hydrogen (secondary N) is 1. The van der Waals surface area contributed by atoms with Gasteiger partial charge in [0.2, 0.25) is 5.91 Å². The second-order valence-corrected chi connectivity index (χ2v) is 4.69. The second-order valence-electron chi connectivity index (χ2n) is 4.69. The van der Waals surface area contributed by atoms with Gasteiger partial charge in [-0.15, -0.1) is 0 Å². The lowest BCUT2D eigenvalue weighted by Crippen LogP contribution is -2.58. The fourth-order valence-electron chi connectivity index (χ4n) is 3.04. The van der Waals surface area contributed by atoms with Crippen molar-refractivity contribution in [2.24, 2.45) is 5.92 Å². The van der Waals surface area contributed by atoms with Gasteiger partial charge < -0.3 is 5.32 Å². The van der Waals surface area contributed by atoms with E-state index in [0.717, 1.165) is 38.8 Å². The summed E-state index contributed by atoms with van der Waals surface area (Å²) in [4.78, 5) is 14.0. The Morgan fingerprint density at radius 3 is 3.06 bits per heavy atom. The number of nitrogens with zero attached hydrogens (tertiary/aromatic N) is 2. The molecule has 0 spiro atoms. The van der Waals surface area contributed by atoms with Crippen molar-refractivity contribution in [2.75, 3.05) is 13.1 Å². The molecule has 1 amide bonds. The molecule has 0 bridgehead atoms. The molecule has 3 atom stereocenters. The standard InChI is InChI=1S/C12H19N3O/c1-2-10-12(16)14-6-7-15(10)11-5-3-4-9(11)8-13/h9-11H,2-7H2,1H3,(H,14,16). The molecule has 1 aliphatic heterocycles. The predicted octanol–water partition coefficient (Wildman–Crippen LogP) is 0.889. The number of carbonyl (C=O) groups excluding carboxylic acids is 1. The highest BCUT2D eigenvalue weighted by Crippen LogP contribution is 2.31. The number of rotatable bonds is 2. The summed E-state index contributed by atoms with van der Waals surface area (Å²) in [6.07, 6.45) is 4.02. The van der Waals surface area contributed by atoms with E-state index < -0.39 is 0 Å². The zero-order valence-electron chi connectivity index (χ0n) is 9.78. The van der Waals surface area contributed by atoms with Crippen LogP contribution in [0.3, 0.4) is 0 Å². The van der Waals surface area contributed by atoms with Gasteiger partial charge in [-0.2, -0.15) is 5.26 Å². The van der Waals surface area contributed by atoms with Crippen LogP contribution >= 0.6 is 0 Å². The first-order valence-electron chi connectivity index (χ1n) is 6.21. The van der Waals surface area contributed by atoms with Gasteiger partial charge in [0.25, 0.3) is 0 Å². The number of carbonyl (C=O) groups is 1. The van der Waals surface area contributed by atoms with E-state index >= 15 is 0 Å². The molecule has 2 aliphatic rings. The first-order valence-corrected chi connectivity index (χ1v) is 6.21. The van der Waals surface area contributed by atoms with E-state index in [4.69, 9.17) is 5.26 Å². The first kappa shape index (κ1) is 11.4. The molecule has 1 heterocycles. The van der Waals surface area contributed by atoms with Gasteiger partial charge >= 0.3 is 0 Å². The van der Waals surface area contributed by atoms with Crippen molar-refractivity contribution in [2.45, 2.75) is 44.7 Å². The molecule has 1 saturated heterocycles. The Morgan fingerprint density at radius 1 is 1.56 bits per heavy atom. The number of nitriles is 1. The Kier molecular flexibility index (Phi) is 3.45. The summed E-state index contributed by atoms with van der Waals surface area (Å²) in [5.74, 6) is 0.261. The van der Waals surface area contributed by atoms with E-state index in [9.17, 15) is 4.79 Å². The third kappa shape index (κ3) is 1.92. The predicted molar refractivity (Wildman–Crippen MR) is 60.5 cm³/mol. The van der Waals surface area contributed by atoms with Crippen LogP contribution in [0.1, 0.15) is 32.6 Å². The third-order valence-electron chi connectivity index (χ3n) is 3.83. The highest BCUT2D eigenvalue weighted by Gasteiger charge is 2.39. The molecule has 0 aromatic heterocycles. The highest BCUT2D eigenvalue weighted by molar-refractivity contribution is 5.82. The molecule has 88 valence electrons. The van der Waals surface area contributed by atoms with Crippen LogP contribution in [0.15, 0.2) is 0 Å². The summed E-state index contributed by atoms with van der Waals surface area (Å²) in [5.41, 5.74) is 0. The van der Waals surface area contributed by atoms with Crippen molar-refractivity contribution >= 4 is 5.91 Å². The van der Waals surface area contributed by atoms with Crippen molar-refractivity contribution in [1.82, 2.24) is 10.2 Å². The smallest absolute Gasteiger partial charge is 0.237 e. The van der Waals surface area contributed by atoms with Gasteiger partial charge in [0.05, 0.1) is 18.0 Å². The molecule has 1 saturated carbocycles. The van der Waals surface area contributed by atoms with E-state index in [2.05, 4.69) is 16.3 Å². The van der Waals surface area contributed by atoms with Crippen LogP contribution < -0.4 is 5.32 Å². The zero-order valence-corrected chi connectivity index (χ0v) is 9.78. The van der Waals surface area contributed by atoms with Gasteiger partial charge in [0.1, 0.15) is 0 Å². The maximum Gasteiger partial charge on any atom is 0.237 e. The second kappa shape index (κ2) is 4.84.